The lowest BCUT2D eigenvalue weighted by atomic mass is 10.1. The maximum Gasteiger partial charge on any atom is 0.264 e. The smallest absolute Gasteiger partial charge is 0.264 e. The average Bonchev–Trinajstić information content (AvgIpc) is 2.89. The zero-order valence-corrected chi connectivity index (χ0v) is 12.8. The fraction of sp³-hybridized carbons (Fsp3) is 0.250. The number of fused-ring (bicyclic) bond motifs is 2. The van der Waals surface area contributed by atoms with Crippen molar-refractivity contribution in [2.24, 2.45) is 0 Å². The minimum absolute atomic E-state index is 0.128. The average molecular weight is 309 g/mol. The van der Waals surface area contributed by atoms with Gasteiger partial charge < -0.3 is 4.74 Å². The van der Waals surface area contributed by atoms with Crippen LogP contribution in [0.25, 0.3) is 5.65 Å². The Hall–Kier alpha value is -2.96. The second-order valence-electron chi connectivity index (χ2n) is 5.52. The van der Waals surface area contributed by atoms with E-state index in [4.69, 9.17) is 4.74 Å². The van der Waals surface area contributed by atoms with Crippen molar-refractivity contribution in [2.45, 2.75) is 20.0 Å². The number of carbonyl (C=O) groups excluding carboxylic acids is 1. The Labute approximate surface area is 132 Å². The van der Waals surface area contributed by atoms with Crippen LogP contribution in [-0.2, 0) is 0 Å². The highest BCUT2D eigenvalue weighted by atomic mass is 16.5. The van der Waals surface area contributed by atoms with Gasteiger partial charge >= 0.3 is 0 Å². The third-order valence-corrected chi connectivity index (χ3v) is 3.82. The molecule has 116 valence electrons. The van der Waals surface area contributed by atoms with Crippen molar-refractivity contribution in [3.63, 3.8) is 0 Å². The van der Waals surface area contributed by atoms with E-state index < -0.39 is 0 Å². The van der Waals surface area contributed by atoms with Crippen LogP contribution in [0.4, 0.5) is 5.69 Å². The van der Waals surface area contributed by atoms with Crippen LogP contribution in [0.15, 0.2) is 36.8 Å². The van der Waals surface area contributed by atoms with E-state index in [9.17, 15) is 4.79 Å². The van der Waals surface area contributed by atoms with Gasteiger partial charge in [0.15, 0.2) is 5.65 Å². The molecule has 0 aromatic carbocycles. The Morgan fingerprint density at radius 2 is 2.13 bits per heavy atom. The van der Waals surface area contributed by atoms with E-state index >= 15 is 0 Å². The fourth-order valence-corrected chi connectivity index (χ4v) is 2.84. The van der Waals surface area contributed by atoms with Crippen molar-refractivity contribution in [3.05, 3.63) is 48.0 Å². The number of pyridine rings is 1. The molecule has 1 amide bonds. The van der Waals surface area contributed by atoms with Crippen molar-refractivity contribution in [3.8, 4) is 5.88 Å². The van der Waals surface area contributed by atoms with Crippen LogP contribution in [0, 0.1) is 6.92 Å². The van der Waals surface area contributed by atoms with Crippen LogP contribution in [0.3, 0.4) is 0 Å². The molecule has 1 atom stereocenters. The van der Waals surface area contributed by atoms with Crippen LogP contribution < -0.4 is 9.64 Å². The monoisotopic (exact) mass is 309 g/mol. The lowest BCUT2D eigenvalue weighted by Gasteiger charge is -2.32. The van der Waals surface area contributed by atoms with Gasteiger partial charge in [-0.2, -0.15) is 5.10 Å². The Bertz CT molecular complexity index is 904. The van der Waals surface area contributed by atoms with Crippen molar-refractivity contribution >= 4 is 17.2 Å². The normalized spacial score (nSPS) is 17.0. The number of aryl methyl sites for hydroxylation is 1. The molecule has 0 spiro atoms. The molecule has 7 heteroatoms. The van der Waals surface area contributed by atoms with E-state index in [0.717, 1.165) is 0 Å². The first-order valence-corrected chi connectivity index (χ1v) is 7.38. The highest BCUT2D eigenvalue weighted by molar-refractivity contribution is 6.11. The van der Waals surface area contributed by atoms with E-state index in [-0.39, 0.29) is 12.0 Å². The van der Waals surface area contributed by atoms with Gasteiger partial charge in [-0.3, -0.25) is 9.69 Å². The summed E-state index contributed by atoms with van der Waals surface area (Å²) in [6.45, 7) is 4.19. The molecule has 0 aliphatic carbocycles. The number of rotatable bonds is 1. The van der Waals surface area contributed by atoms with Crippen LogP contribution in [-0.4, -0.2) is 38.1 Å². The number of hydrogen-bond acceptors (Lipinski definition) is 5. The molecule has 3 aromatic heterocycles. The van der Waals surface area contributed by atoms with Gasteiger partial charge in [0.1, 0.15) is 17.4 Å². The zero-order chi connectivity index (χ0) is 16.0. The maximum absolute atomic E-state index is 13.2. The molecule has 23 heavy (non-hydrogen) atoms. The number of hydrogen-bond donors (Lipinski definition) is 0. The number of nitrogens with zero attached hydrogens (tertiary/aromatic N) is 5. The number of aromatic nitrogens is 4. The molecule has 0 fully saturated rings. The number of anilines is 1. The molecule has 4 heterocycles. The summed E-state index contributed by atoms with van der Waals surface area (Å²) in [5, 5.41) is 4.36. The lowest BCUT2D eigenvalue weighted by Crippen LogP contribution is -2.42. The highest BCUT2D eigenvalue weighted by Crippen LogP contribution is 2.32. The molecule has 0 saturated carbocycles. The SMILES string of the molecule is Cc1nn2cccnc2c1C(=O)N1C[C@H](C)Oc2ncccc21. The van der Waals surface area contributed by atoms with E-state index in [1.165, 1.54) is 0 Å². The van der Waals surface area contributed by atoms with Gasteiger partial charge in [0.25, 0.3) is 5.91 Å². The third-order valence-electron chi connectivity index (χ3n) is 3.82. The molecule has 0 radical (unpaired) electrons. The molecule has 3 aromatic rings. The summed E-state index contributed by atoms with van der Waals surface area (Å²) in [7, 11) is 0. The largest absolute Gasteiger partial charge is 0.471 e. The first kappa shape index (κ1) is 13.7. The molecule has 0 bridgehead atoms. The minimum atomic E-state index is -0.138. The summed E-state index contributed by atoms with van der Waals surface area (Å²) in [5.41, 5.74) is 2.39. The molecular formula is C16H15N5O2. The molecule has 7 nitrogen and oxygen atoms in total. The van der Waals surface area contributed by atoms with Crippen LogP contribution in [0.2, 0.25) is 0 Å². The first-order chi connectivity index (χ1) is 11.1. The lowest BCUT2D eigenvalue weighted by molar-refractivity contribution is 0.0959. The van der Waals surface area contributed by atoms with Gasteiger partial charge in [-0.15, -0.1) is 0 Å². The minimum Gasteiger partial charge on any atom is -0.471 e. The molecule has 1 aliphatic rings. The summed E-state index contributed by atoms with van der Waals surface area (Å²) in [5.74, 6) is 0.335. The van der Waals surface area contributed by atoms with E-state index in [0.29, 0.717) is 35.0 Å². The Morgan fingerprint density at radius 3 is 3.00 bits per heavy atom. The molecular weight excluding hydrogens is 294 g/mol. The Kier molecular flexibility index (Phi) is 3.00. The van der Waals surface area contributed by atoms with Gasteiger partial charge in [0.2, 0.25) is 5.88 Å². The summed E-state index contributed by atoms with van der Waals surface area (Å²) < 4.78 is 7.33. The molecule has 0 unspecified atom stereocenters. The van der Waals surface area contributed by atoms with Gasteiger partial charge in [0, 0.05) is 18.6 Å². The van der Waals surface area contributed by atoms with Crippen LogP contribution in [0.5, 0.6) is 5.88 Å². The van der Waals surface area contributed by atoms with Gasteiger partial charge in [-0.1, -0.05) is 0 Å². The maximum atomic E-state index is 13.2. The molecule has 4 rings (SSSR count). The summed E-state index contributed by atoms with van der Waals surface area (Å²) >= 11 is 0. The van der Waals surface area contributed by atoms with Crippen LogP contribution >= 0.6 is 0 Å². The Morgan fingerprint density at radius 1 is 1.30 bits per heavy atom. The first-order valence-electron chi connectivity index (χ1n) is 7.38. The highest BCUT2D eigenvalue weighted by Gasteiger charge is 2.32. The predicted molar refractivity (Wildman–Crippen MR) is 83.7 cm³/mol. The molecule has 0 N–H and O–H groups in total. The second-order valence-corrected chi connectivity index (χ2v) is 5.52. The van der Waals surface area contributed by atoms with Gasteiger partial charge in [-0.05, 0) is 32.0 Å². The van der Waals surface area contributed by atoms with Crippen molar-refractivity contribution in [1.82, 2.24) is 19.6 Å². The number of amides is 1. The topological polar surface area (TPSA) is 72.6 Å². The summed E-state index contributed by atoms with van der Waals surface area (Å²) in [6.07, 6.45) is 4.96. The van der Waals surface area contributed by atoms with Crippen LogP contribution in [0.1, 0.15) is 23.0 Å². The zero-order valence-electron chi connectivity index (χ0n) is 12.8. The molecule has 0 saturated heterocycles. The fourth-order valence-electron chi connectivity index (χ4n) is 2.84. The van der Waals surface area contributed by atoms with Gasteiger partial charge in [0.05, 0.1) is 12.2 Å². The standard InChI is InChI=1S/C16H15N5O2/c1-10-9-20(12-5-3-6-18-15(12)23-10)16(22)13-11(2)19-21-8-4-7-17-14(13)21/h3-8,10H,9H2,1-2H3/t10-/m0/s1. The predicted octanol–water partition coefficient (Wildman–Crippen LogP) is 1.86. The number of ether oxygens (including phenoxy) is 1. The van der Waals surface area contributed by atoms with E-state index in [2.05, 4.69) is 15.1 Å². The molecule has 1 aliphatic heterocycles. The van der Waals surface area contributed by atoms with Gasteiger partial charge in [-0.25, -0.2) is 14.5 Å². The van der Waals surface area contributed by atoms with Crippen molar-refractivity contribution in [2.75, 3.05) is 11.4 Å². The van der Waals surface area contributed by atoms with Crippen molar-refractivity contribution in [1.29, 1.82) is 0 Å². The Balaban J connectivity index is 1.84. The van der Waals surface area contributed by atoms with E-state index in [1.807, 2.05) is 19.9 Å². The summed E-state index contributed by atoms with van der Waals surface area (Å²) in [4.78, 5) is 23.4. The second kappa shape index (κ2) is 5.05. The summed E-state index contributed by atoms with van der Waals surface area (Å²) in [6, 6.07) is 5.41. The van der Waals surface area contributed by atoms with Crippen molar-refractivity contribution < 1.29 is 9.53 Å². The third kappa shape index (κ3) is 2.12. The van der Waals surface area contributed by atoms with E-state index in [1.54, 1.807) is 40.1 Å². The number of carbonyl (C=O) groups is 1. The quantitative estimate of drug-likeness (QED) is 0.686.